The Balaban J connectivity index is 1.92. The van der Waals surface area contributed by atoms with Crippen molar-refractivity contribution in [3.05, 3.63) is 29.8 Å². The monoisotopic (exact) mass is 344 g/mol. The van der Waals surface area contributed by atoms with Gasteiger partial charge in [0.2, 0.25) is 11.8 Å². The third-order valence-electron chi connectivity index (χ3n) is 5.43. The van der Waals surface area contributed by atoms with E-state index in [-0.39, 0.29) is 29.8 Å². The molecule has 2 fully saturated rings. The molecule has 5 nitrogen and oxygen atoms in total. The average Bonchev–Trinajstić information content (AvgIpc) is 2.94. The second-order valence-corrected chi connectivity index (χ2v) is 7.09. The molecule has 136 valence electrons. The Hall–Kier alpha value is -2.04. The van der Waals surface area contributed by atoms with Gasteiger partial charge >= 0.3 is 0 Å². The predicted octanol–water partition coefficient (Wildman–Crippen LogP) is 2.85. The zero-order valence-electron chi connectivity index (χ0n) is 15.2. The fraction of sp³-hybridized carbons (Fsp3) is 0.600. The molecule has 0 aromatic heterocycles. The molecule has 1 aromatic rings. The number of amides is 2. The molecule has 0 saturated carbocycles. The lowest BCUT2D eigenvalue weighted by molar-refractivity contribution is -0.133. The Kier molecular flexibility index (Phi) is 5.61. The Morgan fingerprint density at radius 2 is 2.20 bits per heavy atom. The van der Waals surface area contributed by atoms with Crippen molar-refractivity contribution in [2.75, 3.05) is 13.7 Å². The average molecular weight is 344 g/mol. The van der Waals surface area contributed by atoms with Crippen LogP contribution in [0.2, 0.25) is 0 Å². The SMILES string of the molecule is CCCC(=O)N1C[C@@H](c2cccc(OC)c2)[C@@H]2NC(=O)CCCC[C@H]21. The summed E-state index contributed by atoms with van der Waals surface area (Å²) in [6, 6.07) is 8.08. The van der Waals surface area contributed by atoms with Crippen LogP contribution in [0.4, 0.5) is 0 Å². The molecule has 2 heterocycles. The van der Waals surface area contributed by atoms with Gasteiger partial charge in [-0.1, -0.05) is 25.5 Å². The summed E-state index contributed by atoms with van der Waals surface area (Å²) < 4.78 is 5.36. The van der Waals surface area contributed by atoms with Gasteiger partial charge in [0.05, 0.1) is 19.2 Å². The van der Waals surface area contributed by atoms with E-state index < -0.39 is 0 Å². The normalized spacial score (nSPS) is 26.4. The second-order valence-electron chi connectivity index (χ2n) is 7.09. The number of likely N-dealkylation sites (tertiary alicyclic amines) is 1. The molecular weight excluding hydrogens is 316 g/mol. The molecule has 0 radical (unpaired) electrons. The first kappa shape index (κ1) is 17.8. The molecule has 1 N–H and O–H groups in total. The molecule has 2 amide bonds. The molecule has 25 heavy (non-hydrogen) atoms. The van der Waals surface area contributed by atoms with Crippen molar-refractivity contribution in [3.63, 3.8) is 0 Å². The van der Waals surface area contributed by atoms with Crippen molar-refractivity contribution in [3.8, 4) is 5.75 Å². The fourth-order valence-corrected chi connectivity index (χ4v) is 4.18. The molecular formula is C20H28N2O3. The molecule has 0 bridgehead atoms. The maximum atomic E-state index is 12.7. The van der Waals surface area contributed by atoms with Gasteiger partial charge in [0.1, 0.15) is 5.75 Å². The van der Waals surface area contributed by atoms with Crippen LogP contribution in [0.1, 0.15) is 56.9 Å². The third kappa shape index (κ3) is 3.80. The predicted molar refractivity (Wildman–Crippen MR) is 96.5 cm³/mol. The van der Waals surface area contributed by atoms with Crippen LogP contribution >= 0.6 is 0 Å². The van der Waals surface area contributed by atoms with E-state index in [1.54, 1.807) is 7.11 Å². The van der Waals surface area contributed by atoms with Crippen molar-refractivity contribution in [2.45, 2.75) is 63.5 Å². The highest BCUT2D eigenvalue weighted by Crippen LogP contribution is 2.37. The Morgan fingerprint density at radius 1 is 1.36 bits per heavy atom. The molecule has 2 aliphatic rings. The maximum absolute atomic E-state index is 12.7. The number of carbonyl (C=O) groups excluding carboxylic acids is 2. The smallest absolute Gasteiger partial charge is 0.222 e. The summed E-state index contributed by atoms with van der Waals surface area (Å²) in [5.74, 6) is 1.23. The molecule has 0 unspecified atom stereocenters. The summed E-state index contributed by atoms with van der Waals surface area (Å²) >= 11 is 0. The number of ether oxygens (including phenoxy) is 1. The Labute approximate surface area is 149 Å². The largest absolute Gasteiger partial charge is 0.497 e. The molecule has 2 aliphatic heterocycles. The van der Waals surface area contributed by atoms with Gasteiger partial charge < -0.3 is 15.0 Å². The van der Waals surface area contributed by atoms with E-state index in [9.17, 15) is 9.59 Å². The van der Waals surface area contributed by atoms with Crippen LogP contribution in [0.25, 0.3) is 0 Å². The van der Waals surface area contributed by atoms with E-state index in [1.807, 2.05) is 30.0 Å². The van der Waals surface area contributed by atoms with Crippen LogP contribution in [-0.4, -0.2) is 42.5 Å². The molecule has 0 aliphatic carbocycles. The highest BCUT2D eigenvalue weighted by Gasteiger charge is 2.45. The molecule has 2 saturated heterocycles. The summed E-state index contributed by atoms with van der Waals surface area (Å²) in [6.07, 6.45) is 4.85. The van der Waals surface area contributed by atoms with Crippen LogP contribution in [0.3, 0.4) is 0 Å². The highest BCUT2D eigenvalue weighted by atomic mass is 16.5. The molecule has 1 aromatic carbocycles. The molecule has 0 spiro atoms. The van der Waals surface area contributed by atoms with Gasteiger partial charge in [0.25, 0.3) is 0 Å². The number of rotatable bonds is 4. The Morgan fingerprint density at radius 3 is 2.96 bits per heavy atom. The number of benzene rings is 1. The number of carbonyl (C=O) groups is 2. The van der Waals surface area contributed by atoms with E-state index in [0.717, 1.165) is 37.0 Å². The summed E-state index contributed by atoms with van der Waals surface area (Å²) in [5, 5.41) is 3.22. The Bertz CT molecular complexity index is 631. The van der Waals surface area contributed by atoms with Crippen LogP contribution < -0.4 is 10.1 Å². The number of methoxy groups -OCH3 is 1. The van der Waals surface area contributed by atoms with Crippen molar-refractivity contribution in [1.82, 2.24) is 10.2 Å². The number of hydrogen-bond acceptors (Lipinski definition) is 3. The van der Waals surface area contributed by atoms with E-state index >= 15 is 0 Å². The van der Waals surface area contributed by atoms with Gasteiger partial charge in [0.15, 0.2) is 0 Å². The van der Waals surface area contributed by atoms with Crippen LogP contribution in [0.15, 0.2) is 24.3 Å². The lowest BCUT2D eigenvalue weighted by atomic mass is 9.88. The highest BCUT2D eigenvalue weighted by molar-refractivity contribution is 5.79. The minimum atomic E-state index is -0.0132. The quantitative estimate of drug-likeness (QED) is 0.914. The fourth-order valence-electron chi connectivity index (χ4n) is 4.18. The molecule has 3 atom stereocenters. The van der Waals surface area contributed by atoms with Crippen molar-refractivity contribution in [2.24, 2.45) is 0 Å². The van der Waals surface area contributed by atoms with E-state index in [4.69, 9.17) is 4.74 Å². The minimum absolute atomic E-state index is 0.0132. The maximum Gasteiger partial charge on any atom is 0.222 e. The standard InChI is InChI=1S/C20H28N2O3/c1-3-7-19(24)22-13-16(14-8-6-9-15(12-14)25-2)20-17(22)10-4-5-11-18(23)21-20/h6,8-9,12,16-17,20H,3-5,7,10-11,13H2,1-2H3,(H,21,23)/t16-,17+,20-/m0/s1. The zero-order valence-corrected chi connectivity index (χ0v) is 15.2. The number of nitrogens with zero attached hydrogens (tertiary/aromatic N) is 1. The van der Waals surface area contributed by atoms with Gasteiger partial charge in [-0.2, -0.15) is 0 Å². The van der Waals surface area contributed by atoms with Gasteiger partial charge in [-0.3, -0.25) is 9.59 Å². The van der Waals surface area contributed by atoms with Crippen LogP contribution in [0, 0.1) is 0 Å². The molecule has 5 heteroatoms. The molecule has 3 rings (SSSR count). The van der Waals surface area contributed by atoms with Gasteiger partial charge in [-0.25, -0.2) is 0 Å². The first-order chi connectivity index (χ1) is 12.1. The number of fused-ring (bicyclic) bond motifs is 1. The summed E-state index contributed by atoms with van der Waals surface area (Å²) in [6.45, 7) is 2.70. The van der Waals surface area contributed by atoms with Gasteiger partial charge in [0, 0.05) is 25.3 Å². The van der Waals surface area contributed by atoms with Gasteiger partial charge in [-0.15, -0.1) is 0 Å². The van der Waals surface area contributed by atoms with Crippen LogP contribution in [-0.2, 0) is 9.59 Å². The minimum Gasteiger partial charge on any atom is -0.497 e. The van der Waals surface area contributed by atoms with E-state index in [0.29, 0.717) is 19.4 Å². The lowest BCUT2D eigenvalue weighted by Gasteiger charge is -2.31. The van der Waals surface area contributed by atoms with Crippen molar-refractivity contribution < 1.29 is 14.3 Å². The number of hydrogen-bond donors (Lipinski definition) is 1. The van der Waals surface area contributed by atoms with Crippen molar-refractivity contribution in [1.29, 1.82) is 0 Å². The summed E-state index contributed by atoms with van der Waals surface area (Å²) in [4.78, 5) is 26.9. The van der Waals surface area contributed by atoms with Gasteiger partial charge in [-0.05, 0) is 37.0 Å². The second kappa shape index (κ2) is 7.89. The zero-order chi connectivity index (χ0) is 17.8. The number of nitrogens with one attached hydrogen (secondary N) is 1. The lowest BCUT2D eigenvalue weighted by Crippen LogP contribution is -2.48. The van der Waals surface area contributed by atoms with Crippen molar-refractivity contribution >= 4 is 11.8 Å². The first-order valence-corrected chi connectivity index (χ1v) is 9.36. The van der Waals surface area contributed by atoms with E-state index in [1.165, 1.54) is 0 Å². The van der Waals surface area contributed by atoms with Crippen LogP contribution in [0.5, 0.6) is 5.75 Å². The summed E-state index contributed by atoms with van der Waals surface area (Å²) in [7, 11) is 1.66. The van der Waals surface area contributed by atoms with E-state index in [2.05, 4.69) is 11.4 Å². The first-order valence-electron chi connectivity index (χ1n) is 9.36. The third-order valence-corrected chi connectivity index (χ3v) is 5.43. The summed E-state index contributed by atoms with van der Waals surface area (Å²) in [5.41, 5.74) is 1.13. The topological polar surface area (TPSA) is 58.6 Å².